The minimum atomic E-state index is -0.600. The van der Waals surface area contributed by atoms with E-state index in [0.717, 1.165) is 16.0 Å². The molecule has 0 radical (unpaired) electrons. The second-order valence-corrected chi connectivity index (χ2v) is 10.1. The van der Waals surface area contributed by atoms with Crippen LogP contribution in [0.2, 0.25) is 0 Å². The minimum Gasteiger partial charge on any atom is -0.436 e. The van der Waals surface area contributed by atoms with Gasteiger partial charge in [-0.1, -0.05) is 24.3 Å². The van der Waals surface area contributed by atoms with E-state index in [1.807, 2.05) is 24.3 Å². The first-order valence-corrected chi connectivity index (χ1v) is 13.0. The second-order valence-electron chi connectivity index (χ2n) is 8.87. The zero-order chi connectivity index (χ0) is 26.9. The van der Waals surface area contributed by atoms with E-state index in [-0.39, 0.29) is 23.8 Å². The summed E-state index contributed by atoms with van der Waals surface area (Å²) in [6, 6.07) is 27.0. The number of rotatable bonds is 6. The molecule has 9 heteroatoms. The molecular weight excluding hydrogens is 517 g/mol. The number of aromatic nitrogens is 1. The molecule has 0 aliphatic carbocycles. The lowest BCUT2D eigenvalue weighted by atomic mass is 10.2. The van der Waals surface area contributed by atoms with Gasteiger partial charge in [-0.3, -0.25) is 14.4 Å². The molecule has 1 unspecified atom stereocenters. The summed E-state index contributed by atoms with van der Waals surface area (Å²) in [5.41, 5.74) is 3.10. The number of oxazole rings is 1. The van der Waals surface area contributed by atoms with Crippen molar-refractivity contribution in [3.8, 4) is 11.5 Å². The average Bonchev–Trinajstić information content (AvgIpc) is 3.50. The number of imide groups is 1. The fourth-order valence-electron chi connectivity index (χ4n) is 4.34. The predicted octanol–water partition coefficient (Wildman–Crippen LogP) is 6.31. The number of halogens is 1. The lowest BCUT2D eigenvalue weighted by molar-refractivity contribution is -0.121. The molecule has 1 aliphatic heterocycles. The minimum absolute atomic E-state index is 0.0482. The molecule has 6 rings (SSSR count). The largest absolute Gasteiger partial charge is 0.436 e. The number of benzene rings is 4. The van der Waals surface area contributed by atoms with Crippen molar-refractivity contribution in [3.63, 3.8) is 0 Å². The Labute approximate surface area is 226 Å². The van der Waals surface area contributed by atoms with Crippen LogP contribution in [0.4, 0.5) is 15.8 Å². The van der Waals surface area contributed by atoms with Gasteiger partial charge in [-0.25, -0.2) is 14.3 Å². The number of amides is 3. The van der Waals surface area contributed by atoms with Gasteiger partial charge in [0.15, 0.2) is 5.58 Å². The maximum Gasteiger partial charge on any atom is 0.258 e. The first-order chi connectivity index (χ1) is 19.0. The number of nitrogens with one attached hydrogen (secondary N) is 1. The van der Waals surface area contributed by atoms with E-state index in [1.54, 1.807) is 54.6 Å². The highest BCUT2D eigenvalue weighted by Crippen LogP contribution is 2.35. The fourth-order valence-corrected chi connectivity index (χ4v) is 5.39. The van der Waals surface area contributed by atoms with Gasteiger partial charge in [0.2, 0.25) is 17.7 Å². The van der Waals surface area contributed by atoms with Gasteiger partial charge in [0, 0.05) is 22.6 Å². The van der Waals surface area contributed by atoms with Crippen molar-refractivity contribution in [2.24, 2.45) is 0 Å². The lowest BCUT2D eigenvalue weighted by Crippen LogP contribution is -2.31. The Bertz CT molecular complexity index is 1680. The summed E-state index contributed by atoms with van der Waals surface area (Å²) >= 11 is 1.28. The summed E-state index contributed by atoms with van der Waals surface area (Å²) in [5, 5.41) is 2.08. The van der Waals surface area contributed by atoms with Crippen LogP contribution in [0.5, 0.6) is 0 Å². The predicted molar refractivity (Wildman–Crippen MR) is 147 cm³/mol. The van der Waals surface area contributed by atoms with E-state index < -0.39 is 17.0 Å². The van der Waals surface area contributed by atoms with Crippen LogP contribution in [0.3, 0.4) is 0 Å². The highest BCUT2D eigenvalue weighted by molar-refractivity contribution is 8.00. The van der Waals surface area contributed by atoms with Crippen molar-refractivity contribution in [3.05, 3.63) is 108 Å². The smallest absolute Gasteiger partial charge is 0.258 e. The van der Waals surface area contributed by atoms with E-state index in [4.69, 9.17) is 4.42 Å². The SMILES string of the molecule is O=C(Nc1ccc(SC2CC(=O)N(c3ccc(-c4nc5ccccc5o4)cc3)C2=O)cc1)c1ccccc1F. The Morgan fingerprint density at radius 2 is 1.64 bits per heavy atom. The number of thioether (sulfide) groups is 1. The Hall–Kier alpha value is -4.76. The molecule has 0 spiro atoms. The molecule has 0 saturated carbocycles. The van der Waals surface area contributed by atoms with Crippen LogP contribution in [0, 0.1) is 5.82 Å². The first-order valence-electron chi connectivity index (χ1n) is 12.1. The van der Waals surface area contributed by atoms with Crippen LogP contribution in [0.25, 0.3) is 22.6 Å². The number of hydrogen-bond acceptors (Lipinski definition) is 6. The molecule has 0 bridgehead atoms. The molecule has 1 atom stereocenters. The number of carbonyl (C=O) groups is 3. The summed E-state index contributed by atoms with van der Waals surface area (Å²) in [6.45, 7) is 0. The monoisotopic (exact) mass is 537 g/mol. The van der Waals surface area contributed by atoms with Crippen LogP contribution in [-0.2, 0) is 9.59 Å². The van der Waals surface area contributed by atoms with E-state index in [9.17, 15) is 18.8 Å². The molecule has 1 N–H and O–H groups in total. The summed E-state index contributed by atoms with van der Waals surface area (Å²) in [6.07, 6.45) is 0.0716. The molecule has 1 aromatic heterocycles. The van der Waals surface area contributed by atoms with Crippen molar-refractivity contribution < 1.29 is 23.2 Å². The van der Waals surface area contributed by atoms with Crippen molar-refractivity contribution in [1.29, 1.82) is 0 Å². The third-order valence-corrected chi connectivity index (χ3v) is 7.48. The molecule has 4 aromatic carbocycles. The molecule has 192 valence electrons. The van der Waals surface area contributed by atoms with E-state index in [1.165, 1.54) is 34.9 Å². The highest BCUT2D eigenvalue weighted by Gasteiger charge is 2.40. The summed E-state index contributed by atoms with van der Waals surface area (Å²) < 4.78 is 19.7. The number of hydrogen-bond donors (Lipinski definition) is 1. The molecule has 1 aliphatic rings. The summed E-state index contributed by atoms with van der Waals surface area (Å²) in [5.74, 6) is -1.26. The Balaban J connectivity index is 1.12. The molecule has 5 aromatic rings. The zero-order valence-corrected chi connectivity index (χ0v) is 21.2. The highest BCUT2D eigenvalue weighted by atomic mass is 32.2. The average molecular weight is 538 g/mol. The molecule has 2 heterocycles. The fraction of sp³-hybridized carbons (Fsp3) is 0.0667. The van der Waals surface area contributed by atoms with Gasteiger partial charge in [0.05, 0.1) is 16.5 Å². The first kappa shape index (κ1) is 24.6. The number of carbonyl (C=O) groups excluding carboxylic acids is 3. The third kappa shape index (κ3) is 4.92. The van der Waals surface area contributed by atoms with Crippen LogP contribution < -0.4 is 10.2 Å². The number of nitrogens with zero attached hydrogens (tertiary/aromatic N) is 2. The van der Waals surface area contributed by atoms with Crippen LogP contribution in [0.15, 0.2) is 106 Å². The molecule has 7 nitrogen and oxygen atoms in total. The molecule has 39 heavy (non-hydrogen) atoms. The van der Waals surface area contributed by atoms with Crippen molar-refractivity contribution in [1.82, 2.24) is 4.98 Å². The standard InChI is InChI=1S/C30H20FN3O4S/c31-23-6-2-1-5-22(23)28(36)32-19-11-15-21(16-12-19)39-26-17-27(35)34(30(26)37)20-13-9-18(10-14-20)29-33-24-7-3-4-8-25(24)38-29/h1-16,26H,17H2,(H,32,36). The molecule has 1 saturated heterocycles. The number of para-hydroxylation sites is 2. The van der Waals surface area contributed by atoms with E-state index >= 15 is 0 Å². The van der Waals surface area contributed by atoms with E-state index in [2.05, 4.69) is 10.3 Å². The van der Waals surface area contributed by atoms with Gasteiger partial charge in [-0.2, -0.15) is 0 Å². The topological polar surface area (TPSA) is 92.5 Å². The van der Waals surface area contributed by atoms with Crippen molar-refractivity contribution in [2.45, 2.75) is 16.6 Å². The van der Waals surface area contributed by atoms with Gasteiger partial charge < -0.3 is 9.73 Å². The van der Waals surface area contributed by atoms with Crippen LogP contribution in [0.1, 0.15) is 16.8 Å². The Morgan fingerprint density at radius 1 is 0.923 bits per heavy atom. The van der Waals surface area contributed by atoms with Gasteiger partial charge >= 0.3 is 0 Å². The van der Waals surface area contributed by atoms with Gasteiger partial charge in [0.1, 0.15) is 11.3 Å². The summed E-state index contributed by atoms with van der Waals surface area (Å²) in [4.78, 5) is 44.7. The number of anilines is 2. The Kier molecular flexibility index (Phi) is 6.42. The van der Waals surface area contributed by atoms with Crippen molar-refractivity contribution in [2.75, 3.05) is 10.2 Å². The zero-order valence-electron chi connectivity index (χ0n) is 20.3. The maximum atomic E-state index is 13.9. The number of fused-ring (bicyclic) bond motifs is 1. The van der Waals surface area contributed by atoms with Crippen molar-refractivity contribution >= 4 is 52.0 Å². The van der Waals surface area contributed by atoms with Crippen LogP contribution in [-0.4, -0.2) is 28.0 Å². The quantitative estimate of drug-likeness (QED) is 0.255. The van der Waals surface area contributed by atoms with Gasteiger partial charge in [-0.15, -0.1) is 11.8 Å². The lowest BCUT2D eigenvalue weighted by Gasteiger charge is -2.15. The molecular formula is C30H20FN3O4S. The third-order valence-electron chi connectivity index (χ3n) is 6.28. The Morgan fingerprint density at radius 3 is 2.38 bits per heavy atom. The van der Waals surface area contributed by atoms with E-state index in [0.29, 0.717) is 22.8 Å². The van der Waals surface area contributed by atoms with Gasteiger partial charge in [-0.05, 0) is 72.8 Å². The molecule has 1 fully saturated rings. The second kappa shape index (κ2) is 10.2. The van der Waals surface area contributed by atoms with Crippen LogP contribution >= 0.6 is 11.8 Å². The maximum absolute atomic E-state index is 13.9. The molecule has 3 amide bonds. The van der Waals surface area contributed by atoms with Gasteiger partial charge in [0.25, 0.3) is 5.91 Å². The summed E-state index contributed by atoms with van der Waals surface area (Å²) in [7, 11) is 0. The normalized spacial score (nSPS) is 15.2.